The van der Waals surface area contributed by atoms with Crippen LogP contribution in [0.15, 0.2) is 12.5 Å². The van der Waals surface area contributed by atoms with E-state index >= 15 is 0 Å². The van der Waals surface area contributed by atoms with Crippen LogP contribution < -0.4 is 27.4 Å². The van der Waals surface area contributed by atoms with E-state index in [1.165, 1.54) is 6.33 Å². The van der Waals surface area contributed by atoms with Gasteiger partial charge in [-0.2, -0.15) is 0 Å². The van der Waals surface area contributed by atoms with E-state index in [4.69, 9.17) is 11.5 Å². The molecule has 0 aliphatic rings. The Morgan fingerprint density at radius 1 is 1.12 bits per heavy atom. The minimum Gasteiger partial charge on any atom is -0.480 e. The topological polar surface area (TPSA) is 205 Å². The van der Waals surface area contributed by atoms with E-state index in [2.05, 4.69) is 25.9 Å². The summed E-state index contributed by atoms with van der Waals surface area (Å²) < 4.78 is 0. The van der Waals surface area contributed by atoms with E-state index in [0.29, 0.717) is 25.1 Å². The van der Waals surface area contributed by atoms with Crippen molar-refractivity contribution >= 4 is 23.7 Å². The molecule has 0 saturated carbocycles. The van der Waals surface area contributed by atoms with Crippen molar-refractivity contribution in [3.63, 3.8) is 0 Å². The van der Waals surface area contributed by atoms with E-state index in [-0.39, 0.29) is 31.7 Å². The molecule has 0 aliphatic carbocycles. The number of carbonyl (C=O) groups is 4. The number of aliphatic carboxylic acids is 1. The van der Waals surface area contributed by atoms with Gasteiger partial charge in [0.05, 0.1) is 18.9 Å². The number of aromatic nitrogens is 2. The molecule has 0 spiro atoms. The fourth-order valence-electron chi connectivity index (χ4n) is 3.00. The van der Waals surface area contributed by atoms with Gasteiger partial charge in [0.1, 0.15) is 12.1 Å². The molecule has 3 unspecified atom stereocenters. The van der Waals surface area contributed by atoms with Gasteiger partial charge in [-0.15, -0.1) is 0 Å². The fraction of sp³-hybridized carbons (Fsp3) is 0.650. The lowest BCUT2D eigenvalue weighted by Crippen LogP contribution is -2.54. The van der Waals surface area contributed by atoms with Crippen LogP contribution in [0.3, 0.4) is 0 Å². The summed E-state index contributed by atoms with van der Waals surface area (Å²) in [6.07, 6.45) is 5.01. The normalized spacial score (nSPS) is 13.8. The summed E-state index contributed by atoms with van der Waals surface area (Å²) in [6.45, 7) is 3.76. The number of carboxylic acids is 1. The Morgan fingerprint density at radius 3 is 2.41 bits per heavy atom. The minimum absolute atomic E-state index is 0.0582. The molecule has 180 valence electrons. The van der Waals surface area contributed by atoms with Crippen molar-refractivity contribution in [2.75, 3.05) is 13.1 Å². The van der Waals surface area contributed by atoms with Crippen molar-refractivity contribution in [1.29, 1.82) is 0 Å². The van der Waals surface area contributed by atoms with Crippen molar-refractivity contribution in [3.05, 3.63) is 18.2 Å². The first-order valence-corrected chi connectivity index (χ1v) is 10.7. The highest BCUT2D eigenvalue weighted by molar-refractivity contribution is 5.92. The van der Waals surface area contributed by atoms with Crippen LogP contribution in [0.5, 0.6) is 0 Å². The van der Waals surface area contributed by atoms with Gasteiger partial charge in [-0.25, -0.2) is 9.78 Å². The molecule has 1 aromatic heterocycles. The van der Waals surface area contributed by atoms with Crippen LogP contribution in [0.1, 0.15) is 45.2 Å². The van der Waals surface area contributed by atoms with E-state index < -0.39 is 41.8 Å². The zero-order valence-electron chi connectivity index (χ0n) is 18.6. The standard InChI is InChI=1S/C20H35N7O5/c1-12(2)7-16(20(31)32)27-19(30)15(5-3-4-6-21)26-17(28)10-24-18(29)14(22)8-13-9-23-11-25-13/h9,11-12,14-16H,3-8,10,21-22H2,1-2H3,(H,23,25)(H,24,29)(H,26,28)(H,27,30)(H,31,32). The third-order valence-corrected chi connectivity index (χ3v) is 4.67. The molecule has 0 bridgehead atoms. The van der Waals surface area contributed by atoms with Gasteiger partial charge in [-0.3, -0.25) is 14.4 Å². The molecule has 0 aromatic carbocycles. The van der Waals surface area contributed by atoms with Crippen molar-refractivity contribution in [2.24, 2.45) is 17.4 Å². The number of hydrogen-bond acceptors (Lipinski definition) is 7. The summed E-state index contributed by atoms with van der Waals surface area (Å²) in [5, 5.41) is 16.8. The van der Waals surface area contributed by atoms with Crippen LogP contribution in [0.25, 0.3) is 0 Å². The highest BCUT2D eigenvalue weighted by Crippen LogP contribution is 2.07. The summed E-state index contributed by atoms with van der Waals surface area (Å²) in [5.74, 6) is -2.79. The minimum atomic E-state index is -1.14. The summed E-state index contributed by atoms with van der Waals surface area (Å²) in [5.41, 5.74) is 12.0. The van der Waals surface area contributed by atoms with Gasteiger partial charge in [0.2, 0.25) is 17.7 Å². The summed E-state index contributed by atoms with van der Waals surface area (Å²) in [7, 11) is 0. The Morgan fingerprint density at radius 2 is 1.84 bits per heavy atom. The van der Waals surface area contributed by atoms with E-state index in [1.807, 2.05) is 13.8 Å². The molecular formula is C20H35N7O5. The van der Waals surface area contributed by atoms with Crippen LogP contribution in [0, 0.1) is 5.92 Å². The smallest absolute Gasteiger partial charge is 0.326 e. The lowest BCUT2D eigenvalue weighted by atomic mass is 10.0. The maximum atomic E-state index is 12.7. The molecule has 32 heavy (non-hydrogen) atoms. The Balaban J connectivity index is 2.63. The number of rotatable bonds is 15. The average Bonchev–Trinajstić information content (AvgIpc) is 3.23. The Labute approximate surface area is 187 Å². The predicted octanol–water partition coefficient (Wildman–Crippen LogP) is -1.37. The van der Waals surface area contributed by atoms with Gasteiger partial charge in [-0.05, 0) is 38.1 Å². The van der Waals surface area contributed by atoms with E-state index in [1.54, 1.807) is 6.20 Å². The Bertz CT molecular complexity index is 739. The van der Waals surface area contributed by atoms with Gasteiger partial charge in [0.25, 0.3) is 0 Å². The number of aromatic amines is 1. The first kappa shape index (κ1) is 27.0. The van der Waals surface area contributed by atoms with Gasteiger partial charge >= 0.3 is 5.97 Å². The highest BCUT2D eigenvalue weighted by Gasteiger charge is 2.27. The molecule has 12 heteroatoms. The Hall–Kier alpha value is -2.99. The molecule has 0 aliphatic heterocycles. The van der Waals surface area contributed by atoms with Gasteiger partial charge in [0.15, 0.2) is 0 Å². The number of carboxylic acid groups (broad SMARTS) is 1. The first-order chi connectivity index (χ1) is 15.1. The van der Waals surface area contributed by atoms with Crippen LogP contribution in [-0.2, 0) is 25.6 Å². The number of imidazole rings is 1. The highest BCUT2D eigenvalue weighted by atomic mass is 16.4. The van der Waals surface area contributed by atoms with Gasteiger partial charge in [0, 0.05) is 18.3 Å². The molecular weight excluding hydrogens is 418 g/mol. The van der Waals surface area contributed by atoms with Crippen molar-refractivity contribution < 1.29 is 24.3 Å². The van der Waals surface area contributed by atoms with Gasteiger partial charge < -0.3 is 37.5 Å². The van der Waals surface area contributed by atoms with Gasteiger partial charge in [-0.1, -0.05) is 13.8 Å². The molecule has 0 fully saturated rings. The maximum Gasteiger partial charge on any atom is 0.326 e. The second-order valence-electron chi connectivity index (χ2n) is 8.04. The summed E-state index contributed by atoms with van der Waals surface area (Å²) in [6, 6.07) is -2.88. The molecule has 0 radical (unpaired) electrons. The number of nitrogens with two attached hydrogens (primary N) is 2. The van der Waals surface area contributed by atoms with E-state index in [9.17, 15) is 24.3 Å². The zero-order valence-corrected chi connectivity index (χ0v) is 18.6. The lowest BCUT2D eigenvalue weighted by Gasteiger charge is -2.22. The number of hydrogen-bond donors (Lipinski definition) is 7. The number of unbranched alkanes of at least 4 members (excludes halogenated alkanes) is 1. The van der Waals surface area contributed by atoms with Crippen LogP contribution in [0.4, 0.5) is 0 Å². The van der Waals surface area contributed by atoms with Crippen LogP contribution >= 0.6 is 0 Å². The molecule has 0 saturated heterocycles. The number of nitrogens with one attached hydrogen (secondary N) is 4. The molecule has 3 atom stereocenters. The van der Waals surface area contributed by atoms with Crippen LogP contribution in [0.2, 0.25) is 0 Å². The molecule has 1 rings (SSSR count). The molecule has 1 heterocycles. The fourth-order valence-corrected chi connectivity index (χ4v) is 3.00. The SMILES string of the molecule is CC(C)CC(NC(=O)C(CCCCN)NC(=O)CNC(=O)C(N)Cc1cnc[nH]1)C(=O)O. The second-order valence-corrected chi connectivity index (χ2v) is 8.04. The molecule has 1 aromatic rings. The quantitative estimate of drug-likeness (QED) is 0.157. The predicted molar refractivity (Wildman–Crippen MR) is 117 cm³/mol. The summed E-state index contributed by atoms with van der Waals surface area (Å²) in [4.78, 5) is 55.2. The maximum absolute atomic E-state index is 12.7. The first-order valence-electron chi connectivity index (χ1n) is 10.7. The molecule has 12 nitrogen and oxygen atoms in total. The second kappa shape index (κ2) is 14.1. The molecule has 9 N–H and O–H groups in total. The Kier molecular flexibility index (Phi) is 12.0. The third kappa shape index (κ3) is 10.4. The van der Waals surface area contributed by atoms with Crippen molar-refractivity contribution in [2.45, 2.75) is 64.1 Å². The number of nitrogens with zero attached hydrogens (tertiary/aromatic N) is 1. The van der Waals surface area contributed by atoms with Crippen molar-refractivity contribution in [3.8, 4) is 0 Å². The zero-order chi connectivity index (χ0) is 24.1. The number of H-pyrrole nitrogens is 1. The van der Waals surface area contributed by atoms with E-state index in [0.717, 1.165) is 0 Å². The number of carbonyl (C=O) groups excluding carboxylic acids is 3. The average molecular weight is 454 g/mol. The van der Waals surface area contributed by atoms with Crippen LogP contribution in [-0.4, -0.2) is 70.0 Å². The number of amides is 3. The third-order valence-electron chi connectivity index (χ3n) is 4.67. The summed E-state index contributed by atoms with van der Waals surface area (Å²) >= 11 is 0. The van der Waals surface area contributed by atoms with Crippen molar-refractivity contribution in [1.82, 2.24) is 25.9 Å². The molecule has 3 amide bonds. The lowest BCUT2D eigenvalue weighted by molar-refractivity contribution is -0.142. The largest absolute Gasteiger partial charge is 0.480 e. The monoisotopic (exact) mass is 453 g/mol.